The van der Waals surface area contributed by atoms with E-state index in [9.17, 15) is 0 Å². The fourth-order valence-corrected chi connectivity index (χ4v) is 2.09. The van der Waals surface area contributed by atoms with Crippen LogP contribution >= 0.6 is 11.6 Å². The standard InChI is InChI=1S/C12H17ClN2O/c1-14-11-4-10(13)5-12(6-11)16-8-9-2-3-15-7-9/h4-6,9,14-15H,2-3,7-8H2,1H3. The average molecular weight is 241 g/mol. The van der Waals surface area contributed by atoms with Crippen LogP contribution in [0.5, 0.6) is 5.75 Å². The third-order valence-electron chi connectivity index (χ3n) is 2.81. The quantitative estimate of drug-likeness (QED) is 0.848. The lowest BCUT2D eigenvalue weighted by Gasteiger charge is -2.12. The maximum Gasteiger partial charge on any atom is 0.122 e. The second-order valence-corrected chi connectivity index (χ2v) is 4.53. The van der Waals surface area contributed by atoms with Gasteiger partial charge >= 0.3 is 0 Å². The summed E-state index contributed by atoms with van der Waals surface area (Å²) in [5.74, 6) is 1.46. The van der Waals surface area contributed by atoms with Crippen molar-refractivity contribution in [1.82, 2.24) is 5.32 Å². The molecule has 0 saturated carbocycles. The second kappa shape index (κ2) is 5.41. The summed E-state index contributed by atoms with van der Waals surface area (Å²) in [6.07, 6.45) is 1.19. The first kappa shape index (κ1) is 11.6. The fourth-order valence-electron chi connectivity index (χ4n) is 1.86. The Kier molecular flexibility index (Phi) is 3.91. The molecule has 16 heavy (non-hydrogen) atoms. The summed E-state index contributed by atoms with van der Waals surface area (Å²) in [5.41, 5.74) is 0.979. The predicted molar refractivity (Wildman–Crippen MR) is 67.5 cm³/mol. The zero-order valence-electron chi connectivity index (χ0n) is 9.42. The normalized spacial score (nSPS) is 19.8. The van der Waals surface area contributed by atoms with Gasteiger partial charge in [-0.25, -0.2) is 0 Å². The van der Waals surface area contributed by atoms with Crippen LogP contribution in [-0.2, 0) is 0 Å². The molecule has 1 aliphatic rings. The Morgan fingerprint density at radius 2 is 2.38 bits per heavy atom. The van der Waals surface area contributed by atoms with E-state index >= 15 is 0 Å². The number of benzene rings is 1. The van der Waals surface area contributed by atoms with Gasteiger partial charge in [0.1, 0.15) is 5.75 Å². The van der Waals surface area contributed by atoms with Gasteiger partial charge in [-0.1, -0.05) is 11.6 Å². The highest BCUT2D eigenvalue weighted by molar-refractivity contribution is 6.31. The second-order valence-electron chi connectivity index (χ2n) is 4.10. The molecule has 1 aliphatic heterocycles. The van der Waals surface area contributed by atoms with Crippen LogP contribution in [0.2, 0.25) is 5.02 Å². The lowest BCUT2D eigenvalue weighted by molar-refractivity contribution is 0.260. The monoisotopic (exact) mass is 240 g/mol. The first-order valence-electron chi connectivity index (χ1n) is 5.60. The predicted octanol–water partition coefficient (Wildman–Crippen LogP) is 2.37. The van der Waals surface area contributed by atoms with Gasteiger partial charge in [0, 0.05) is 36.3 Å². The van der Waals surface area contributed by atoms with Crippen LogP contribution in [0.4, 0.5) is 5.69 Å². The largest absolute Gasteiger partial charge is 0.493 e. The summed E-state index contributed by atoms with van der Waals surface area (Å²) in [7, 11) is 1.87. The molecule has 1 unspecified atom stereocenters. The van der Waals surface area contributed by atoms with Gasteiger partial charge in [0.05, 0.1) is 6.61 Å². The van der Waals surface area contributed by atoms with Crippen molar-refractivity contribution < 1.29 is 4.74 Å². The molecule has 1 aromatic rings. The van der Waals surface area contributed by atoms with Gasteiger partial charge in [0.25, 0.3) is 0 Å². The van der Waals surface area contributed by atoms with Gasteiger partial charge in [-0.15, -0.1) is 0 Å². The molecule has 2 rings (SSSR count). The van der Waals surface area contributed by atoms with Gasteiger partial charge in [0.2, 0.25) is 0 Å². The average Bonchev–Trinajstić information content (AvgIpc) is 2.78. The van der Waals surface area contributed by atoms with Gasteiger partial charge < -0.3 is 15.4 Å². The number of anilines is 1. The van der Waals surface area contributed by atoms with E-state index < -0.39 is 0 Å². The molecule has 1 aromatic carbocycles. The number of hydrogen-bond acceptors (Lipinski definition) is 3. The van der Waals surface area contributed by atoms with Gasteiger partial charge in [-0.2, -0.15) is 0 Å². The summed E-state index contributed by atoms with van der Waals surface area (Å²) in [6.45, 7) is 2.92. The molecule has 0 bridgehead atoms. The SMILES string of the molecule is CNc1cc(Cl)cc(OCC2CCNC2)c1. The lowest BCUT2D eigenvalue weighted by atomic mass is 10.1. The van der Waals surface area contributed by atoms with Gasteiger partial charge in [-0.05, 0) is 25.1 Å². The van der Waals surface area contributed by atoms with Crippen LogP contribution in [-0.4, -0.2) is 26.7 Å². The maximum absolute atomic E-state index is 5.99. The van der Waals surface area contributed by atoms with E-state index in [1.807, 2.05) is 25.2 Å². The van der Waals surface area contributed by atoms with Crippen LogP contribution in [0.3, 0.4) is 0 Å². The number of hydrogen-bond donors (Lipinski definition) is 2. The Labute approximate surface area is 101 Å². The van der Waals surface area contributed by atoms with Crippen molar-refractivity contribution in [2.24, 2.45) is 5.92 Å². The van der Waals surface area contributed by atoms with E-state index in [0.29, 0.717) is 10.9 Å². The molecule has 0 amide bonds. The molecule has 1 fully saturated rings. The molecule has 0 spiro atoms. The third-order valence-corrected chi connectivity index (χ3v) is 3.03. The summed E-state index contributed by atoms with van der Waals surface area (Å²) < 4.78 is 5.75. The molecule has 88 valence electrons. The van der Waals surface area contributed by atoms with Crippen molar-refractivity contribution in [3.63, 3.8) is 0 Å². The minimum Gasteiger partial charge on any atom is -0.493 e. The van der Waals surface area contributed by atoms with Crippen molar-refractivity contribution in [2.75, 3.05) is 32.1 Å². The van der Waals surface area contributed by atoms with E-state index in [-0.39, 0.29) is 0 Å². The van der Waals surface area contributed by atoms with E-state index in [2.05, 4.69) is 10.6 Å². The minimum absolute atomic E-state index is 0.622. The molecule has 1 heterocycles. The molecule has 1 saturated heterocycles. The Morgan fingerprint density at radius 3 is 3.06 bits per heavy atom. The van der Waals surface area contributed by atoms with E-state index in [4.69, 9.17) is 16.3 Å². The summed E-state index contributed by atoms with van der Waals surface area (Å²) >= 11 is 5.99. The van der Waals surface area contributed by atoms with E-state index in [0.717, 1.165) is 31.1 Å². The number of nitrogens with one attached hydrogen (secondary N) is 2. The minimum atomic E-state index is 0.622. The molecule has 4 heteroatoms. The molecule has 0 aliphatic carbocycles. The highest BCUT2D eigenvalue weighted by Gasteiger charge is 2.15. The smallest absolute Gasteiger partial charge is 0.122 e. The zero-order valence-corrected chi connectivity index (χ0v) is 10.2. The Bertz CT molecular complexity index is 351. The maximum atomic E-state index is 5.99. The molecule has 1 atom stereocenters. The molecule has 0 radical (unpaired) electrons. The fraction of sp³-hybridized carbons (Fsp3) is 0.500. The molecular weight excluding hydrogens is 224 g/mol. The zero-order chi connectivity index (χ0) is 11.4. The summed E-state index contributed by atoms with van der Waals surface area (Å²) in [4.78, 5) is 0. The third kappa shape index (κ3) is 3.03. The summed E-state index contributed by atoms with van der Waals surface area (Å²) in [6, 6.07) is 5.70. The molecule has 2 N–H and O–H groups in total. The number of halogens is 1. The van der Waals surface area contributed by atoms with Crippen molar-refractivity contribution in [2.45, 2.75) is 6.42 Å². The van der Waals surface area contributed by atoms with Gasteiger partial charge in [0.15, 0.2) is 0 Å². The van der Waals surface area contributed by atoms with Crippen molar-refractivity contribution >= 4 is 17.3 Å². The summed E-state index contributed by atoms with van der Waals surface area (Å²) in [5, 5.41) is 7.08. The Hall–Kier alpha value is -0.930. The Balaban J connectivity index is 1.94. The van der Waals surface area contributed by atoms with E-state index in [1.54, 1.807) is 0 Å². The van der Waals surface area contributed by atoms with Gasteiger partial charge in [-0.3, -0.25) is 0 Å². The highest BCUT2D eigenvalue weighted by Crippen LogP contribution is 2.24. The highest BCUT2D eigenvalue weighted by atomic mass is 35.5. The van der Waals surface area contributed by atoms with Crippen molar-refractivity contribution in [3.05, 3.63) is 23.2 Å². The van der Waals surface area contributed by atoms with Crippen molar-refractivity contribution in [3.8, 4) is 5.75 Å². The lowest BCUT2D eigenvalue weighted by Crippen LogP contribution is -2.15. The first-order chi connectivity index (χ1) is 7.78. The first-order valence-corrected chi connectivity index (χ1v) is 5.97. The van der Waals surface area contributed by atoms with E-state index in [1.165, 1.54) is 6.42 Å². The van der Waals surface area contributed by atoms with Crippen molar-refractivity contribution in [1.29, 1.82) is 0 Å². The van der Waals surface area contributed by atoms with Crippen LogP contribution in [0.25, 0.3) is 0 Å². The number of ether oxygens (including phenoxy) is 1. The van der Waals surface area contributed by atoms with Crippen LogP contribution in [0.15, 0.2) is 18.2 Å². The molecule has 3 nitrogen and oxygen atoms in total. The Morgan fingerprint density at radius 1 is 1.50 bits per heavy atom. The number of rotatable bonds is 4. The van der Waals surface area contributed by atoms with Crippen LogP contribution < -0.4 is 15.4 Å². The van der Waals surface area contributed by atoms with Crippen LogP contribution in [0.1, 0.15) is 6.42 Å². The molecule has 0 aromatic heterocycles. The van der Waals surface area contributed by atoms with Crippen LogP contribution in [0, 0.1) is 5.92 Å². The molecular formula is C12H17ClN2O. The topological polar surface area (TPSA) is 33.3 Å².